The molecule has 0 aliphatic carbocycles. The molecule has 0 bridgehead atoms. The number of hydrogen-bond acceptors (Lipinski definition) is 2. The molecule has 0 unspecified atom stereocenters. The summed E-state index contributed by atoms with van der Waals surface area (Å²) >= 11 is 8.66. The maximum atomic E-state index is 13.3. The third-order valence-electron chi connectivity index (χ3n) is 2.25. The number of halogens is 5. The van der Waals surface area contributed by atoms with Crippen molar-refractivity contribution in [2.24, 2.45) is 0 Å². The Morgan fingerprint density at radius 3 is 2.37 bits per heavy atom. The summed E-state index contributed by atoms with van der Waals surface area (Å²) in [5.41, 5.74) is 5.04. The van der Waals surface area contributed by atoms with E-state index in [1.807, 2.05) is 0 Å². The van der Waals surface area contributed by atoms with Gasteiger partial charge >= 0.3 is 0 Å². The number of anilines is 1. The van der Waals surface area contributed by atoms with Crippen LogP contribution >= 0.6 is 27.5 Å². The molecule has 7 heteroatoms. The summed E-state index contributed by atoms with van der Waals surface area (Å²) < 4.78 is 45.1. The molecule has 0 fully saturated rings. The Hall–Kier alpha value is -1.40. The molecule has 2 rings (SSSR count). The second-order valence-corrected chi connectivity index (χ2v) is 4.86. The van der Waals surface area contributed by atoms with E-state index in [2.05, 4.69) is 15.9 Å². The van der Waals surface area contributed by atoms with Crippen molar-refractivity contribution < 1.29 is 17.9 Å². The topological polar surface area (TPSA) is 35.2 Å². The van der Waals surface area contributed by atoms with E-state index in [1.165, 1.54) is 6.07 Å². The van der Waals surface area contributed by atoms with E-state index in [-0.39, 0.29) is 22.2 Å². The molecule has 0 aliphatic heterocycles. The van der Waals surface area contributed by atoms with Crippen LogP contribution < -0.4 is 10.5 Å². The van der Waals surface area contributed by atoms with Crippen molar-refractivity contribution in [3.8, 4) is 11.5 Å². The molecule has 100 valence electrons. The Balaban J connectivity index is 2.44. The Kier molecular flexibility index (Phi) is 3.91. The largest absolute Gasteiger partial charge is 0.454 e. The van der Waals surface area contributed by atoms with Gasteiger partial charge in [0.15, 0.2) is 11.6 Å². The van der Waals surface area contributed by atoms with Crippen molar-refractivity contribution in [1.82, 2.24) is 0 Å². The van der Waals surface area contributed by atoms with Crippen LogP contribution in [0.5, 0.6) is 11.5 Å². The van der Waals surface area contributed by atoms with Crippen molar-refractivity contribution in [1.29, 1.82) is 0 Å². The van der Waals surface area contributed by atoms with Gasteiger partial charge in [0, 0.05) is 18.2 Å². The Labute approximate surface area is 120 Å². The van der Waals surface area contributed by atoms with Gasteiger partial charge in [-0.15, -0.1) is 0 Å². The smallest absolute Gasteiger partial charge is 0.156 e. The zero-order valence-corrected chi connectivity index (χ0v) is 11.5. The third kappa shape index (κ3) is 2.96. The first kappa shape index (κ1) is 14.0. The van der Waals surface area contributed by atoms with Crippen LogP contribution in [0.2, 0.25) is 5.02 Å². The highest BCUT2D eigenvalue weighted by molar-refractivity contribution is 9.10. The third-order valence-corrected chi connectivity index (χ3v) is 3.16. The molecule has 0 aromatic heterocycles. The Bertz CT molecular complexity index is 651. The van der Waals surface area contributed by atoms with E-state index >= 15 is 0 Å². The van der Waals surface area contributed by atoms with E-state index < -0.39 is 17.5 Å². The standard InChI is InChI=1S/C12H6BrClF3NO/c13-6-3-7(14)8(16)4-10(6)19-11-2-5(15)1-9(17)12(11)18/h1-4H,18H2. The number of benzene rings is 2. The average molecular weight is 353 g/mol. The molecule has 0 amide bonds. The van der Waals surface area contributed by atoms with E-state index in [0.717, 1.165) is 12.1 Å². The zero-order valence-electron chi connectivity index (χ0n) is 9.18. The number of nitrogens with two attached hydrogens (primary N) is 1. The van der Waals surface area contributed by atoms with Crippen LogP contribution in [0.1, 0.15) is 0 Å². The fraction of sp³-hybridized carbons (Fsp3) is 0. The minimum Gasteiger partial charge on any atom is -0.454 e. The van der Waals surface area contributed by atoms with E-state index in [1.54, 1.807) is 0 Å². The first-order valence-electron chi connectivity index (χ1n) is 4.95. The van der Waals surface area contributed by atoms with Gasteiger partial charge in [0.05, 0.1) is 9.50 Å². The molecule has 0 heterocycles. The summed E-state index contributed by atoms with van der Waals surface area (Å²) in [6, 6.07) is 3.77. The fourth-order valence-electron chi connectivity index (χ4n) is 1.35. The molecule has 0 saturated carbocycles. The van der Waals surface area contributed by atoms with Crippen molar-refractivity contribution in [3.05, 3.63) is 51.2 Å². The van der Waals surface area contributed by atoms with Gasteiger partial charge in [-0.1, -0.05) is 11.6 Å². The first-order chi connectivity index (χ1) is 8.88. The second-order valence-electron chi connectivity index (χ2n) is 3.60. The minimum absolute atomic E-state index is 0.00130. The molecule has 0 radical (unpaired) electrons. The predicted octanol–water partition coefficient (Wildman–Crippen LogP) is 4.89. The van der Waals surface area contributed by atoms with Crippen molar-refractivity contribution in [2.45, 2.75) is 0 Å². The van der Waals surface area contributed by atoms with Crippen molar-refractivity contribution in [3.63, 3.8) is 0 Å². The molecular weight excluding hydrogens is 346 g/mol. The summed E-state index contributed by atoms with van der Waals surface area (Å²) in [6.07, 6.45) is 0. The predicted molar refractivity (Wildman–Crippen MR) is 70.0 cm³/mol. The monoisotopic (exact) mass is 351 g/mol. The summed E-state index contributed by atoms with van der Waals surface area (Å²) in [7, 11) is 0. The first-order valence-corrected chi connectivity index (χ1v) is 6.12. The summed E-state index contributed by atoms with van der Waals surface area (Å²) in [5.74, 6) is -2.79. The maximum Gasteiger partial charge on any atom is 0.156 e. The lowest BCUT2D eigenvalue weighted by Crippen LogP contribution is -1.98. The van der Waals surface area contributed by atoms with Crippen LogP contribution in [0.15, 0.2) is 28.7 Å². The Morgan fingerprint density at radius 1 is 1.00 bits per heavy atom. The summed E-state index contributed by atoms with van der Waals surface area (Å²) in [4.78, 5) is 0. The zero-order chi connectivity index (χ0) is 14.2. The molecule has 2 aromatic rings. The number of rotatable bonds is 2. The molecule has 0 aliphatic rings. The van der Waals surface area contributed by atoms with E-state index in [9.17, 15) is 13.2 Å². The molecule has 0 spiro atoms. The van der Waals surface area contributed by atoms with Crippen LogP contribution in [0.4, 0.5) is 18.9 Å². The summed E-state index contributed by atoms with van der Waals surface area (Å²) in [5, 5.41) is -0.113. The highest BCUT2D eigenvalue weighted by atomic mass is 79.9. The average Bonchev–Trinajstić information content (AvgIpc) is 2.32. The maximum absolute atomic E-state index is 13.3. The van der Waals surface area contributed by atoms with Crippen molar-refractivity contribution in [2.75, 3.05) is 5.73 Å². The van der Waals surface area contributed by atoms with Gasteiger partial charge < -0.3 is 10.5 Å². The van der Waals surface area contributed by atoms with Crippen molar-refractivity contribution >= 4 is 33.2 Å². The van der Waals surface area contributed by atoms with Crippen LogP contribution in [-0.2, 0) is 0 Å². The van der Waals surface area contributed by atoms with Gasteiger partial charge in [-0.3, -0.25) is 0 Å². The van der Waals surface area contributed by atoms with E-state index in [0.29, 0.717) is 10.5 Å². The molecule has 2 nitrogen and oxygen atoms in total. The molecule has 0 atom stereocenters. The molecular formula is C12H6BrClF3NO. The van der Waals surface area contributed by atoms with Gasteiger partial charge in [-0.2, -0.15) is 0 Å². The highest BCUT2D eigenvalue weighted by Gasteiger charge is 2.14. The van der Waals surface area contributed by atoms with Crippen LogP contribution in [0.3, 0.4) is 0 Å². The summed E-state index contributed by atoms with van der Waals surface area (Å²) in [6.45, 7) is 0. The van der Waals surface area contributed by atoms with Crippen LogP contribution in [0.25, 0.3) is 0 Å². The molecule has 2 N–H and O–H groups in total. The normalized spacial score (nSPS) is 10.6. The SMILES string of the molecule is Nc1c(F)cc(F)cc1Oc1cc(F)c(Cl)cc1Br. The van der Waals surface area contributed by atoms with Gasteiger partial charge in [-0.05, 0) is 22.0 Å². The number of nitrogen functional groups attached to an aromatic ring is 1. The molecule has 0 saturated heterocycles. The molecule has 19 heavy (non-hydrogen) atoms. The lowest BCUT2D eigenvalue weighted by molar-refractivity contribution is 0.464. The quantitative estimate of drug-likeness (QED) is 0.617. The van der Waals surface area contributed by atoms with E-state index in [4.69, 9.17) is 22.1 Å². The van der Waals surface area contributed by atoms with Crippen LogP contribution in [-0.4, -0.2) is 0 Å². The lowest BCUT2D eigenvalue weighted by atomic mass is 10.2. The second kappa shape index (κ2) is 5.30. The Morgan fingerprint density at radius 2 is 1.68 bits per heavy atom. The van der Waals surface area contributed by atoms with Gasteiger partial charge in [0.25, 0.3) is 0 Å². The van der Waals surface area contributed by atoms with Crippen LogP contribution in [0, 0.1) is 17.5 Å². The number of hydrogen-bond donors (Lipinski definition) is 1. The highest BCUT2D eigenvalue weighted by Crippen LogP contribution is 2.36. The number of ether oxygens (including phenoxy) is 1. The minimum atomic E-state index is -0.958. The fourth-order valence-corrected chi connectivity index (χ4v) is 2.07. The molecule has 2 aromatic carbocycles. The van der Waals surface area contributed by atoms with Gasteiger partial charge in [-0.25, -0.2) is 13.2 Å². The lowest BCUT2D eigenvalue weighted by Gasteiger charge is -2.11. The van der Waals surface area contributed by atoms with Gasteiger partial charge in [0.1, 0.15) is 23.1 Å². The van der Waals surface area contributed by atoms with Gasteiger partial charge in [0.2, 0.25) is 0 Å².